The number of aromatic nitrogens is 2. The van der Waals surface area contributed by atoms with Gasteiger partial charge in [-0.05, 0) is 12.1 Å². The molecule has 2 heterocycles. The molecule has 0 amide bonds. The smallest absolute Gasteiger partial charge is 0.342 e. The first kappa shape index (κ1) is 8.64. The average molecular weight is 194 g/mol. The Bertz CT molecular complexity index is 446. The SMILES string of the molecule is O=C(O)C(O)c1nc2cccnc2o1. The average Bonchev–Trinajstić information content (AvgIpc) is 2.59. The van der Waals surface area contributed by atoms with Crippen LogP contribution in [-0.2, 0) is 4.79 Å². The zero-order valence-electron chi connectivity index (χ0n) is 6.91. The second-order valence-electron chi connectivity index (χ2n) is 2.62. The van der Waals surface area contributed by atoms with Crippen LogP contribution < -0.4 is 0 Å². The van der Waals surface area contributed by atoms with E-state index in [1.807, 2.05) is 0 Å². The summed E-state index contributed by atoms with van der Waals surface area (Å²) in [4.78, 5) is 18.0. The molecule has 0 aliphatic carbocycles. The third kappa shape index (κ3) is 1.31. The van der Waals surface area contributed by atoms with Crippen molar-refractivity contribution in [2.75, 3.05) is 0 Å². The predicted molar refractivity (Wildman–Crippen MR) is 44.4 cm³/mol. The molecule has 0 spiro atoms. The Labute approximate surface area is 77.8 Å². The van der Waals surface area contributed by atoms with Gasteiger partial charge in [-0.2, -0.15) is 0 Å². The second-order valence-corrected chi connectivity index (χ2v) is 2.62. The number of carboxylic acids is 1. The summed E-state index contributed by atoms with van der Waals surface area (Å²) in [6.07, 6.45) is -0.256. The van der Waals surface area contributed by atoms with Crippen molar-refractivity contribution in [2.24, 2.45) is 0 Å². The Morgan fingerprint density at radius 1 is 1.57 bits per heavy atom. The molecule has 0 radical (unpaired) electrons. The Hall–Kier alpha value is -1.95. The van der Waals surface area contributed by atoms with Crippen LogP contribution in [0.1, 0.15) is 12.0 Å². The first-order valence-corrected chi connectivity index (χ1v) is 3.81. The summed E-state index contributed by atoms with van der Waals surface area (Å²) in [5, 5.41) is 17.6. The zero-order chi connectivity index (χ0) is 10.1. The minimum Gasteiger partial charge on any atom is -0.479 e. The number of nitrogens with zero attached hydrogens (tertiary/aromatic N) is 2. The molecule has 6 heteroatoms. The van der Waals surface area contributed by atoms with E-state index >= 15 is 0 Å². The lowest BCUT2D eigenvalue weighted by atomic mass is 10.4. The molecule has 0 saturated carbocycles. The molecule has 2 aromatic rings. The second kappa shape index (κ2) is 3.08. The van der Waals surface area contributed by atoms with E-state index in [2.05, 4.69) is 9.97 Å². The lowest BCUT2D eigenvalue weighted by Crippen LogP contribution is -2.10. The zero-order valence-corrected chi connectivity index (χ0v) is 6.91. The molecule has 0 saturated heterocycles. The molecule has 6 nitrogen and oxygen atoms in total. The number of fused-ring (bicyclic) bond motifs is 1. The first-order valence-electron chi connectivity index (χ1n) is 3.81. The van der Waals surface area contributed by atoms with Crippen LogP contribution in [0.5, 0.6) is 0 Å². The molecular weight excluding hydrogens is 188 g/mol. The Kier molecular flexibility index (Phi) is 1.90. The summed E-state index contributed by atoms with van der Waals surface area (Å²) in [5.41, 5.74) is 0.630. The molecule has 0 aliphatic heterocycles. The third-order valence-electron chi connectivity index (χ3n) is 1.65. The van der Waals surface area contributed by atoms with E-state index in [9.17, 15) is 4.79 Å². The van der Waals surface area contributed by atoms with Crippen molar-refractivity contribution in [3.8, 4) is 0 Å². The van der Waals surface area contributed by atoms with Crippen LogP contribution in [0.2, 0.25) is 0 Å². The summed E-state index contributed by atoms with van der Waals surface area (Å²) in [6, 6.07) is 3.26. The van der Waals surface area contributed by atoms with E-state index in [4.69, 9.17) is 14.6 Å². The van der Waals surface area contributed by atoms with Crippen LogP contribution in [-0.4, -0.2) is 26.2 Å². The van der Waals surface area contributed by atoms with E-state index in [-0.39, 0.29) is 11.6 Å². The van der Waals surface area contributed by atoms with Gasteiger partial charge in [-0.3, -0.25) is 0 Å². The molecule has 2 N–H and O–H groups in total. The third-order valence-corrected chi connectivity index (χ3v) is 1.65. The number of pyridine rings is 1. The fraction of sp³-hybridized carbons (Fsp3) is 0.125. The summed E-state index contributed by atoms with van der Waals surface area (Å²) >= 11 is 0. The van der Waals surface area contributed by atoms with Crippen molar-refractivity contribution in [1.82, 2.24) is 9.97 Å². The topological polar surface area (TPSA) is 96.5 Å². The number of aliphatic hydroxyl groups is 1. The van der Waals surface area contributed by atoms with Gasteiger partial charge in [0.25, 0.3) is 0 Å². The number of oxazole rings is 1. The van der Waals surface area contributed by atoms with Crippen LogP contribution in [0.15, 0.2) is 22.7 Å². The molecule has 0 aliphatic rings. The fourth-order valence-electron chi connectivity index (χ4n) is 1.01. The number of rotatable bonds is 2. The van der Waals surface area contributed by atoms with Gasteiger partial charge in [-0.25, -0.2) is 14.8 Å². The van der Waals surface area contributed by atoms with E-state index in [1.54, 1.807) is 12.1 Å². The van der Waals surface area contributed by atoms with Gasteiger partial charge >= 0.3 is 5.97 Å². The van der Waals surface area contributed by atoms with Crippen molar-refractivity contribution in [3.63, 3.8) is 0 Å². The molecular formula is C8H6N2O4. The molecule has 0 bridgehead atoms. The molecule has 2 aromatic heterocycles. The number of aliphatic carboxylic acids is 1. The normalized spacial score (nSPS) is 12.9. The van der Waals surface area contributed by atoms with Gasteiger partial charge < -0.3 is 14.6 Å². The van der Waals surface area contributed by atoms with Crippen molar-refractivity contribution in [2.45, 2.75) is 6.10 Å². The number of hydrogen-bond acceptors (Lipinski definition) is 5. The predicted octanol–water partition coefficient (Wildman–Crippen LogP) is 0.341. The maximum Gasteiger partial charge on any atom is 0.342 e. The van der Waals surface area contributed by atoms with Gasteiger partial charge in [0.1, 0.15) is 5.52 Å². The molecule has 14 heavy (non-hydrogen) atoms. The maximum absolute atomic E-state index is 10.4. The van der Waals surface area contributed by atoms with E-state index in [0.717, 1.165) is 0 Å². The van der Waals surface area contributed by atoms with Crippen molar-refractivity contribution >= 4 is 17.2 Å². The largest absolute Gasteiger partial charge is 0.479 e. The highest BCUT2D eigenvalue weighted by atomic mass is 16.4. The minimum atomic E-state index is -1.75. The fourth-order valence-corrected chi connectivity index (χ4v) is 1.01. The Morgan fingerprint density at radius 2 is 2.36 bits per heavy atom. The quantitative estimate of drug-likeness (QED) is 0.715. The lowest BCUT2D eigenvalue weighted by molar-refractivity contribution is -0.148. The van der Waals surface area contributed by atoms with Crippen LogP contribution in [0, 0.1) is 0 Å². The summed E-state index contributed by atoms with van der Waals surface area (Å²) in [7, 11) is 0. The molecule has 0 aromatic carbocycles. The lowest BCUT2D eigenvalue weighted by Gasteiger charge is -1.96. The molecule has 1 atom stereocenters. The van der Waals surface area contributed by atoms with E-state index in [0.29, 0.717) is 5.52 Å². The summed E-state index contributed by atoms with van der Waals surface area (Å²) in [6.45, 7) is 0. The highest BCUT2D eigenvalue weighted by molar-refractivity contribution is 5.74. The van der Waals surface area contributed by atoms with E-state index < -0.39 is 12.1 Å². The monoisotopic (exact) mass is 194 g/mol. The number of carbonyl (C=O) groups is 1. The molecule has 2 rings (SSSR count). The van der Waals surface area contributed by atoms with Crippen LogP contribution in [0.4, 0.5) is 0 Å². The maximum atomic E-state index is 10.4. The van der Waals surface area contributed by atoms with Gasteiger partial charge in [-0.1, -0.05) is 0 Å². The molecule has 72 valence electrons. The Morgan fingerprint density at radius 3 is 3.00 bits per heavy atom. The highest BCUT2D eigenvalue weighted by Crippen LogP contribution is 2.17. The Balaban J connectivity index is 2.50. The number of hydrogen-bond donors (Lipinski definition) is 2. The summed E-state index contributed by atoms with van der Waals surface area (Å²) < 4.78 is 4.94. The minimum absolute atomic E-state index is 0.211. The number of carboxylic acid groups (broad SMARTS) is 1. The van der Waals surface area contributed by atoms with Crippen molar-refractivity contribution in [1.29, 1.82) is 0 Å². The van der Waals surface area contributed by atoms with Crippen LogP contribution in [0.3, 0.4) is 0 Å². The van der Waals surface area contributed by atoms with Gasteiger partial charge in [-0.15, -0.1) is 0 Å². The van der Waals surface area contributed by atoms with Crippen molar-refractivity contribution < 1.29 is 19.4 Å². The van der Waals surface area contributed by atoms with E-state index in [1.165, 1.54) is 6.20 Å². The highest BCUT2D eigenvalue weighted by Gasteiger charge is 2.22. The molecule has 1 unspecified atom stereocenters. The van der Waals surface area contributed by atoms with Crippen LogP contribution in [0.25, 0.3) is 11.2 Å². The standard InChI is InChI=1S/C8H6N2O4/c11-5(8(12)13)7-10-4-2-1-3-9-6(4)14-7/h1-3,5,11H,(H,12,13). The summed E-state index contributed by atoms with van der Waals surface area (Å²) in [5.74, 6) is -1.66. The van der Waals surface area contributed by atoms with Gasteiger partial charge in [0.2, 0.25) is 17.7 Å². The van der Waals surface area contributed by atoms with Gasteiger partial charge in [0, 0.05) is 6.20 Å². The van der Waals surface area contributed by atoms with Gasteiger partial charge in [0.05, 0.1) is 0 Å². The van der Waals surface area contributed by atoms with Crippen LogP contribution >= 0.6 is 0 Å². The van der Waals surface area contributed by atoms with Crippen molar-refractivity contribution in [3.05, 3.63) is 24.2 Å². The van der Waals surface area contributed by atoms with Gasteiger partial charge in [0.15, 0.2) is 0 Å². The first-order chi connectivity index (χ1) is 6.68. The molecule has 0 fully saturated rings. The number of aliphatic hydroxyl groups excluding tert-OH is 1.